The van der Waals surface area contributed by atoms with Gasteiger partial charge in [-0.05, 0) is 13.0 Å². The number of nitrogens with zero attached hydrogens (tertiary/aromatic N) is 3. The molecule has 2 atom stereocenters. The first kappa shape index (κ1) is 15.3. The second-order valence-electron chi connectivity index (χ2n) is 5.64. The molecule has 0 radical (unpaired) electrons. The first-order chi connectivity index (χ1) is 10.3. The van der Waals surface area contributed by atoms with E-state index in [1.165, 1.54) is 5.75 Å². The number of ether oxygens (including phenoxy) is 1. The molecule has 7 heteroatoms. The van der Waals surface area contributed by atoms with E-state index >= 15 is 0 Å². The highest BCUT2D eigenvalue weighted by molar-refractivity contribution is 7.99. The van der Waals surface area contributed by atoms with Crippen molar-refractivity contribution in [2.75, 3.05) is 44.3 Å². The summed E-state index contributed by atoms with van der Waals surface area (Å²) in [5.74, 6) is 3.73. The van der Waals surface area contributed by atoms with Crippen LogP contribution >= 0.6 is 11.8 Å². The molecule has 6 nitrogen and oxygen atoms in total. The number of nitrogens with one attached hydrogen (secondary N) is 1. The quantitative estimate of drug-likeness (QED) is 0.873. The third-order valence-corrected chi connectivity index (χ3v) is 5.01. The second kappa shape index (κ2) is 7.58. The number of hydrogen-bond acceptors (Lipinski definition) is 7. The summed E-state index contributed by atoms with van der Waals surface area (Å²) in [6.45, 7) is 6.98. The molecule has 2 unspecified atom stereocenters. The van der Waals surface area contributed by atoms with Crippen LogP contribution in [0, 0.1) is 0 Å². The van der Waals surface area contributed by atoms with Crippen molar-refractivity contribution in [2.24, 2.45) is 0 Å². The molecule has 118 valence electrons. The molecule has 1 aromatic rings. The van der Waals surface area contributed by atoms with Gasteiger partial charge in [-0.15, -0.1) is 0 Å². The van der Waals surface area contributed by atoms with Crippen LogP contribution in [0.5, 0.6) is 0 Å². The minimum Gasteiger partial charge on any atom is -0.367 e. The van der Waals surface area contributed by atoms with Gasteiger partial charge in [0.2, 0.25) is 11.7 Å². The number of aromatic nitrogens is 2. The molecule has 3 heterocycles. The molecule has 21 heavy (non-hydrogen) atoms. The molecule has 2 aliphatic rings. The zero-order valence-electron chi connectivity index (χ0n) is 12.6. The predicted octanol–water partition coefficient (Wildman–Crippen LogP) is 1.10. The average molecular weight is 312 g/mol. The summed E-state index contributed by atoms with van der Waals surface area (Å²) in [6.07, 6.45) is 1.93. The smallest absolute Gasteiger partial charge is 0.228 e. The van der Waals surface area contributed by atoms with Gasteiger partial charge in [-0.25, -0.2) is 0 Å². The van der Waals surface area contributed by atoms with Crippen LogP contribution in [-0.4, -0.2) is 65.4 Å². The maximum absolute atomic E-state index is 5.80. The Labute approximate surface area is 130 Å². The summed E-state index contributed by atoms with van der Waals surface area (Å²) in [4.78, 5) is 6.95. The Hall–Kier alpha value is -0.630. The van der Waals surface area contributed by atoms with Crippen LogP contribution in [-0.2, 0) is 11.2 Å². The third-order valence-electron chi connectivity index (χ3n) is 3.88. The van der Waals surface area contributed by atoms with Gasteiger partial charge in [0.05, 0.1) is 6.61 Å². The lowest BCUT2D eigenvalue weighted by molar-refractivity contribution is -0.0350. The topological polar surface area (TPSA) is 63.4 Å². The molecule has 1 aromatic heterocycles. The van der Waals surface area contributed by atoms with Crippen LogP contribution in [0.2, 0.25) is 0 Å². The van der Waals surface area contributed by atoms with E-state index in [0.29, 0.717) is 11.9 Å². The van der Waals surface area contributed by atoms with Crippen molar-refractivity contribution >= 4 is 11.8 Å². The molecule has 1 N–H and O–H groups in total. The minimum atomic E-state index is -0.0449. The van der Waals surface area contributed by atoms with Gasteiger partial charge in [0.25, 0.3) is 0 Å². The first-order valence-electron chi connectivity index (χ1n) is 7.82. The molecule has 3 rings (SSSR count). The lowest BCUT2D eigenvalue weighted by Crippen LogP contribution is -2.39. The predicted molar refractivity (Wildman–Crippen MR) is 82.5 cm³/mol. The maximum atomic E-state index is 5.80. The van der Waals surface area contributed by atoms with E-state index in [1.807, 2.05) is 11.8 Å². The number of rotatable bonds is 5. The second-order valence-corrected chi connectivity index (χ2v) is 6.79. The zero-order chi connectivity index (χ0) is 14.5. The van der Waals surface area contributed by atoms with Crippen LogP contribution < -0.4 is 5.32 Å². The molecule has 2 fully saturated rings. The van der Waals surface area contributed by atoms with E-state index in [1.54, 1.807) is 0 Å². The maximum Gasteiger partial charge on any atom is 0.228 e. The van der Waals surface area contributed by atoms with Gasteiger partial charge in [-0.3, -0.25) is 4.90 Å². The number of hydrogen-bond donors (Lipinski definition) is 1. The summed E-state index contributed by atoms with van der Waals surface area (Å²) in [5.41, 5.74) is 0. The standard InChI is InChI=1S/C14H24N4O2S/c1-2-4-18-5-6-19-12(9-18)14-16-13(20-17-14)8-11-10-21-7-3-15-11/h11-12,15H,2-10H2,1H3. The summed E-state index contributed by atoms with van der Waals surface area (Å²) in [6, 6.07) is 0.445. The van der Waals surface area contributed by atoms with Gasteiger partial charge >= 0.3 is 0 Å². The molecule has 0 bridgehead atoms. The Bertz CT molecular complexity index is 434. The van der Waals surface area contributed by atoms with Crippen LogP contribution in [0.15, 0.2) is 4.52 Å². The lowest BCUT2D eigenvalue weighted by Gasteiger charge is -2.30. The fourth-order valence-electron chi connectivity index (χ4n) is 2.82. The van der Waals surface area contributed by atoms with Crippen LogP contribution in [0.1, 0.15) is 31.2 Å². The van der Waals surface area contributed by atoms with E-state index in [-0.39, 0.29) is 6.10 Å². The Morgan fingerprint density at radius 2 is 2.43 bits per heavy atom. The fraction of sp³-hybridized carbons (Fsp3) is 0.857. The summed E-state index contributed by atoms with van der Waals surface area (Å²) >= 11 is 1.98. The SMILES string of the molecule is CCCN1CCOC(c2noc(CC3CSCCN3)n2)C1. The van der Waals surface area contributed by atoms with E-state index in [2.05, 4.69) is 27.3 Å². The van der Waals surface area contributed by atoms with Gasteiger partial charge in [-0.2, -0.15) is 16.7 Å². The normalized spacial score (nSPS) is 27.9. The monoisotopic (exact) mass is 312 g/mol. The van der Waals surface area contributed by atoms with Crippen molar-refractivity contribution in [1.29, 1.82) is 0 Å². The third kappa shape index (κ3) is 4.18. The van der Waals surface area contributed by atoms with Gasteiger partial charge in [0.1, 0.15) is 6.10 Å². The van der Waals surface area contributed by atoms with E-state index < -0.39 is 0 Å². The Kier molecular flexibility index (Phi) is 5.51. The first-order valence-corrected chi connectivity index (χ1v) is 8.98. The van der Waals surface area contributed by atoms with Crippen molar-refractivity contribution < 1.29 is 9.26 Å². The van der Waals surface area contributed by atoms with Crippen LogP contribution in [0.3, 0.4) is 0 Å². The van der Waals surface area contributed by atoms with E-state index in [0.717, 1.165) is 57.3 Å². The summed E-state index contributed by atoms with van der Waals surface area (Å²) in [7, 11) is 0. The van der Waals surface area contributed by atoms with Gasteiger partial charge < -0.3 is 14.6 Å². The number of morpholine rings is 1. The van der Waals surface area contributed by atoms with Crippen LogP contribution in [0.25, 0.3) is 0 Å². The summed E-state index contributed by atoms with van der Waals surface area (Å²) in [5, 5.41) is 7.62. The molecular weight excluding hydrogens is 288 g/mol. The summed E-state index contributed by atoms with van der Waals surface area (Å²) < 4.78 is 11.2. The average Bonchev–Trinajstić information content (AvgIpc) is 2.97. The van der Waals surface area contributed by atoms with Crippen molar-refractivity contribution in [1.82, 2.24) is 20.4 Å². The molecular formula is C14H24N4O2S. The Morgan fingerprint density at radius 1 is 1.48 bits per heavy atom. The molecule has 0 saturated carbocycles. The van der Waals surface area contributed by atoms with Crippen molar-refractivity contribution in [2.45, 2.75) is 31.9 Å². The van der Waals surface area contributed by atoms with Crippen LogP contribution in [0.4, 0.5) is 0 Å². The highest BCUT2D eigenvalue weighted by Gasteiger charge is 2.26. The van der Waals surface area contributed by atoms with Gasteiger partial charge in [0.15, 0.2) is 0 Å². The largest absolute Gasteiger partial charge is 0.367 e. The lowest BCUT2D eigenvalue weighted by atomic mass is 10.2. The molecule has 0 aliphatic carbocycles. The zero-order valence-corrected chi connectivity index (χ0v) is 13.4. The Balaban J connectivity index is 1.56. The van der Waals surface area contributed by atoms with Gasteiger partial charge in [0, 0.05) is 43.6 Å². The molecule has 0 aromatic carbocycles. The molecule has 2 saturated heterocycles. The fourth-order valence-corrected chi connectivity index (χ4v) is 3.77. The molecule has 2 aliphatic heterocycles. The van der Waals surface area contributed by atoms with Crippen molar-refractivity contribution in [3.63, 3.8) is 0 Å². The van der Waals surface area contributed by atoms with Crippen molar-refractivity contribution in [3.8, 4) is 0 Å². The highest BCUT2D eigenvalue weighted by Crippen LogP contribution is 2.20. The molecule has 0 spiro atoms. The number of thioether (sulfide) groups is 1. The van der Waals surface area contributed by atoms with E-state index in [4.69, 9.17) is 9.26 Å². The highest BCUT2D eigenvalue weighted by atomic mass is 32.2. The Morgan fingerprint density at radius 3 is 3.24 bits per heavy atom. The van der Waals surface area contributed by atoms with Gasteiger partial charge in [-0.1, -0.05) is 12.1 Å². The van der Waals surface area contributed by atoms with E-state index in [9.17, 15) is 0 Å². The van der Waals surface area contributed by atoms with Crippen molar-refractivity contribution in [3.05, 3.63) is 11.7 Å². The minimum absolute atomic E-state index is 0.0449. The molecule has 0 amide bonds.